The van der Waals surface area contributed by atoms with Gasteiger partial charge in [-0.05, 0) is 25.8 Å². The second-order valence-electron chi connectivity index (χ2n) is 2.97. The zero-order valence-corrected chi connectivity index (χ0v) is 8.79. The van der Waals surface area contributed by atoms with Crippen molar-refractivity contribution < 1.29 is 0 Å². The normalized spacial score (nSPS) is 34.1. The minimum Gasteiger partial charge on any atom is -0.302 e. The van der Waals surface area contributed by atoms with Crippen molar-refractivity contribution in [3.05, 3.63) is 0 Å². The predicted molar refractivity (Wildman–Crippen MR) is 53.7 cm³/mol. The van der Waals surface area contributed by atoms with Crippen LogP contribution in [0.4, 0.5) is 0 Å². The number of hydrogen-bond donors (Lipinski definition) is 0. The van der Waals surface area contributed by atoms with Crippen LogP contribution in [0.1, 0.15) is 13.3 Å². The highest BCUT2D eigenvalue weighted by molar-refractivity contribution is 7.99. The summed E-state index contributed by atoms with van der Waals surface area (Å²) in [6.07, 6.45) is 3.31. The molecule has 2 atom stereocenters. The summed E-state index contributed by atoms with van der Waals surface area (Å²) in [4.78, 5) is 2.47. The molecule has 0 aromatic rings. The monoisotopic (exact) mass is 193 g/mol. The number of thioether (sulfide) groups is 1. The number of likely N-dealkylation sites (tertiary alicyclic amines) is 1. The predicted octanol–water partition coefficient (Wildman–Crippen LogP) is 2.05. The third kappa shape index (κ3) is 2.53. The van der Waals surface area contributed by atoms with Gasteiger partial charge < -0.3 is 4.90 Å². The Morgan fingerprint density at radius 2 is 2.36 bits per heavy atom. The van der Waals surface area contributed by atoms with Gasteiger partial charge in [0.05, 0.1) is 0 Å². The van der Waals surface area contributed by atoms with Crippen LogP contribution in [0.5, 0.6) is 0 Å². The summed E-state index contributed by atoms with van der Waals surface area (Å²) in [5, 5.41) is 1.04. The Morgan fingerprint density at radius 3 is 2.91 bits per heavy atom. The third-order valence-corrected chi connectivity index (χ3v) is 4.07. The SMILES string of the molecule is CCN1CCC(Cl)C(SC)C1. The molecular formula is C8H16ClNS. The van der Waals surface area contributed by atoms with Crippen molar-refractivity contribution in [1.82, 2.24) is 4.90 Å². The first-order valence-corrected chi connectivity index (χ1v) is 5.89. The number of piperidine rings is 1. The Hall–Kier alpha value is 0.600. The van der Waals surface area contributed by atoms with Crippen molar-refractivity contribution in [2.24, 2.45) is 0 Å². The van der Waals surface area contributed by atoms with Crippen LogP contribution in [-0.2, 0) is 0 Å². The summed E-state index contributed by atoms with van der Waals surface area (Å²) in [7, 11) is 0. The van der Waals surface area contributed by atoms with Gasteiger partial charge in [-0.1, -0.05) is 6.92 Å². The molecule has 0 amide bonds. The number of nitrogens with zero attached hydrogens (tertiary/aromatic N) is 1. The van der Waals surface area contributed by atoms with E-state index in [4.69, 9.17) is 11.6 Å². The van der Waals surface area contributed by atoms with Gasteiger partial charge in [0.15, 0.2) is 0 Å². The van der Waals surface area contributed by atoms with E-state index < -0.39 is 0 Å². The van der Waals surface area contributed by atoms with E-state index >= 15 is 0 Å². The summed E-state index contributed by atoms with van der Waals surface area (Å²) in [5.74, 6) is 0. The standard InChI is InChI=1S/C8H16ClNS/c1-3-10-5-4-7(9)8(6-10)11-2/h7-8H,3-6H2,1-2H3. The maximum absolute atomic E-state index is 6.16. The zero-order chi connectivity index (χ0) is 8.27. The Kier molecular flexibility index (Phi) is 4.04. The van der Waals surface area contributed by atoms with E-state index in [9.17, 15) is 0 Å². The summed E-state index contributed by atoms with van der Waals surface area (Å²) in [5.41, 5.74) is 0. The molecular weight excluding hydrogens is 178 g/mol. The van der Waals surface area contributed by atoms with E-state index in [0.29, 0.717) is 10.6 Å². The smallest absolute Gasteiger partial charge is 0.0479 e. The molecule has 0 N–H and O–H groups in total. The number of halogens is 1. The Balaban J connectivity index is 2.37. The Morgan fingerprint density at radius 1 is 1.64 bits per heavy atom. The molecule has 3 heteroatoms. The fourth-order valence-corrected chi connectivity index (χ4v) is 2.74. The molecule has 1 aliphatic heterocycles. The van der Waals surface area contributed by atoms with Crippen molar-refractivity contribution >= 4 is 23.4 Å². The van der Waals surface area contributed by atoms with E-state index in [1.807, 2.05) is 11.8 Å². The van der Waals surface area contributed by atoms with E-state index in [1.54, 1.807) is 0 Å². The highest BCUT2D eigenvalue weighted by Gasteiger charge is 2.25. The zero-order valence-electron chi connectivity index (χ0n) is 7.22. The lowest BCUT2D eigenvalue weighted by atomic mass is 10.1. The summed E-state index contributed by atoms with van der Waals surface area (Å²) in [6.45, 7) is 5.74. The van der Waals surface area contributed by atoms with Crippen LogP contribution in [0.2, 0.25) is 0 Å². The van der Waals surface area contributed by atoms with Gasteiger partial charge in [0.25, 0.3) is 0 Å². The summed E-state index contributed by atoms with van der Waals surface area (Å²) in [6, 6.07) is 0. The molecule has 0 aromatic carbocycles. The van der Waals surface area contributed by atoms with Crippen LogP contribution in [0.15, 0.2) is 0 Å². The first-order chi connectivity index (χ1) is 5.27. The Bertz CT molecular complexity index is 121. The lowest BCUT2D eigenvalue weighted by molar-refractivity contribution is 0.248. The maximum Gasteiger partial charge on any atom is 0.0479 e. The number of rotatable bonds is 2. The molecule has 2 unspecified atom stereocenters. The first kappa shape index (κ1) is 9.69. The minimum absolute atomic E-state index is 0.396. The lowest BCUT2D eigenvalue weighted by Crippen LogP contribution is -2.42. The van der Waals surface area contributed by atoms with Gasteiger partial charge in [0.1, 0.15) is 0 Å². The van der Waals surface area contributed by atoms with Gasteiger partial charge in [0.2, 0.25) is 0 Å². The fourth-order valence-electron chi connectivity index (χ4n) is 1.46. The van der Waals surface area contributed by atoms with Crippen LogP contribution >= 0.6 is 23.4 Å². The molecule has 0 radical (unpaired) electrons. The second kappa shape index (κ2) is 4.58. The molecule has 1 aliphatic rings. The van der Waals surface area contributed by atoms with Crippen molar-refractivity contribution in [1.29, 1.82) is 0 Å². The van der Waals surface area contributed by atoms with Crippen molar-refractivity contribution in [3.8, 4) is 0 Å². The van der Waals surface area contributed by atoms with Crippen molar-refractivity contribution in [2.45, 2.75) is 24.0 Å². The topological polar surface area (TPSA) is 3.24 Å². The van der Waals surface area contributed by atoms with Crippen LogP contribution in [0.3, 0.4) is 0 Å². The molecule has 0 saturated carbocycles. The highest BCUT2D eigenvalue weighted by Crippen LogP contribution is 2.24. The number of hydrogen-bond acceptors (Lipinski definition) is 2. The van der Waals surface area contributed by atoms with Gasteiger partial charge in [-0.2, -0.15) is 11.8 Å². The molecule has 66 valence electrons. The molecule has 0 bridgehead atoms. The second-order valence-corrected chi connectivity index (χ2v) is 4.61. The van der Waals surface area contributed by atoms with E-state index in [2.05, 4.69) is 18.1 Å². The molecule has 0 spiro atoms. The average molecular weight is 194 g/mol. The summed E-state index contributed by atoms with van der Waals surface area (Å²) < 4.78 is 0. The van der Waals surface area contributed by atoms with Crippen molar-refractivity contribution in [2.75, 3.05) is 25.9 Å². The first-order valence-electron chi connectivity index (χ1n) is 4.17. The molecule has 1 fully saturated rings. The molecule has 0 aromatic heterocycles. The quantitative estimate of drug-likeness (QED) is 0.618. The molecule has 0 aliphatic carbocycles. The average Bonchev–Trinajstić information content (AvgIpc) is 2.05. The molecule has 1 nitrogen and oxygen atoms in total. The van der Waals surface area contributed by atoms with Crippen LogP contribution in [0.25, 0.3) is 0 Å². The van der Waals surface area contributed by atoms with E-state index in [1.165, 1.54) is 19.6 Å². The fraction of sp³-hybridized carbons (Fsp3) is 1.00. The lowest BCUT2D eigenvalue weighted by Gasteiger charge is -2.34. The van der Waals surface area contributed by atoms with E-state index in [0.717, 1.165) is 6.42 Å². The number of alkyl halides is 1. The van der Waals surface area contributed by atoms with E-state index in [-0.39, 0.29) is 0 Å². The minimum atomic E-state index is 0.396. The van der Waals surface area contributed by atoms with Crippen LogP contribution in [0, 0.1) is 0 Å². The van der Waals surface area contributed by atoms with Gasteiger partial charge in [-0.15, -0.1) is 11.6 Å². The molecule has 11 heavy (non-hydrogen) atoms. The molecule has 1 rings (SSSR count). The third-order valence-electron chi connectivity index (χ3n) is 2.31. The molecule has 1 heterocycles. The van der Waals surface area contributed by atoms with Crippen molar-refractivity contribution in [3.63, 3.8) is 0 Å². The van der Waals surface area contributed by atoms with Gasteiger partial charge >= 0.3 is 0 Å². The molecule has 1 saturated heterocycles. The van der Waals surface area contributed by atoms with Gasteiger partial charge in [0, 0.05) is 17.2 Å². The van der Waals surface area contributed by atoms with Gasteiger partial charge in [-0.3, -0.25) is 0 Å². The largest absolute Gasteiger partial charge is 0.302 e. The maximum atomic E-state index is 6.16. The van der Waals surface area contributed by atoms with Gasteiger partial charge in [-0.25, -0.2) is 0 Å². The Labute approximate surface area is 78.5 Å². The summed E-state index contributed by atoms with van der Waals surface area (Å²) >= 11 is 8.06. The van der Waals surface area contributed by atoms with Crippen LogP contribution < -0.4 is 0 Å². The van der Waals surface area contributed by atoms with Crippen LogP contribution in [-0.4, -0.2) is 41.4 Å². The highest BCUT2D eigenvalue weighted by atomic mass is 35.5.